The minimum Gasteiger partial charge on any atom is -0.383 e. The Labute approximate surface area is 119 Å². The van der Waals surface area contributed by atoms with Gasteiger partial charge in [0.15, 0.2) is 0 Å². The Kier molecular flexibility index (Phi) is 4.14. The van der Waals surface area contributed by atoms with Crippen LogP contribution in [0.2, 0.25) is 0 Å². The zero-order valence-electron chi connectivity index (χ0n) is 8.52. The number of nitrogen functional groups attached to an aromatic ring is 1. The lowest BCUT2D eigenvalue weighted by Gasteiger charge is -1.97. The second-order valence-corrected chi connectivity index (χ2v) is 5.84. The molecular weight excluding hydrogens is 368 g/mol. The number of aromatic nitrogens is 1. The molecule has 0 aliphatic rings. The molecule has 0 amide bonds. The quantitative estimate of drug-likeness (QED) is 0.635. The van der Waals surface area contributed by atoms with E-state index in [4.69, 9.17) is 5.73 Å². The second kappa shape index (κ2) is 5.61. The maximum atomic E-state index is 5.50. The molecule has 1 aromatic carbocycles. The van der Waals surface area contributed by atoms with Crippen molar-refractivity contribution in [2.24, 2.45) is 5.10 Å². The van der Waals surface area contributed by atoms with E-state index in [1.165, 1.54) is 11.3 Å². The van der Waals surface area contributed by atoms with Crippen molar-refractivity contribution >= 4 is 60.4 Å². The zero-order valence-corrected chi connectivity index (χ0v) is 12.5. The number of nitrogens with two attached hydrogens (primary N) is 1. The topological polar surface area (TPSA) is 63.3 Å². The fraction of sp³-hybridized carbons (Fsp3) is 0. The fourth-order valence-corrected chi connectivity index (χ4v) is 3.03. The van der Waals surface area contributed by atoms with Gasteiger partial charge in [0.05, 0.1) is 6.21 Å². The van der Waals surface area contributed by atoms with E-state index < -0.39 is 0 Å². The average molecular weight is 376 g/mol. The minimum absolute atomic E-state index is 0.498. The Morgan fingerprint density at radius 1 is 1.29 bits per heavy atom. The van der Waals surface area contributed by atoms with E-state index in [1.54, 1.807) is 11.6 Å². The van der Waals surface area contributed by atoms with Crippen LogP contribution in [0.4, 0.5) is 10.9 Å². The van der Waals surface area contributed by atoms with Crippen LogP contribution in [0, 0.1) is 0 Å². The van der Waals surface area contributed by atoms with Gasteiger partial charge in [0, 0.05) is 14.3 Å². The highest BCUT2D eigenvalue weighted by Crippen LogP contribution is 2.19. The molecule has 2 aromatic rings. The van der Waals surface area contributed by atoms with E-state index in [2.05, 4.69) is 47.4 Å². The zero-order chi connectivity index (χ0) is 12.3. The molecule has 1 heterocycles. The molecule has 0 bridgehead atoms. The maximum absolute atomic E-state index is 5.50. The molecule has 88 valence electrons. The van der Waals surface area contributed by atoms with Crippen LogP contribution in [-0.4, -0.2) is 11.2 Å². The molecule has 17 heavy (non-hydrogen) atoms. The monoisotopic (exact) mass is 374 g/mol. The number of nitrogens with one attached hydrogen (secondary N) is 1. The van der Waals surface area contributed by atoms with E-state index in [9.17, 15) is 0 Å². The molecule has 0 saturated heterocycles. The molecular formula is C10H8Br2N4S. The van der Waals surface area contributed by atoms with Crippen molar-refractivity contribution < 1.29 is 0 Å². The third-order valence-electron chi connectivity index (χ3n) is 1.78. The molecule has 7 heteroatoms. The molecule has 0 spiro atoms. The summed E-state index contributed by atoms with van der Waals surface area (Å²) in [6, 6.07) is 5.89. The lowest BCUT2D eigenvalue weighted by atomic mass is 10.2. The van der Waals surface area contributed by atoms with Crippen molar-refractivity contribution in [3.8, 4) is 0 Å². The summed E-state index contributed by atoms with van der Waals surface area (Å²) in [5.41, 5.74) is 9.29. The maximum Gasteiger partial charge on any atom is 0.205 e. The van der Waals surface area contributed by atoms with Gasteiger partial charge in [-0.25, -0.2) is 4.98 Å². The smallest absolute Gasteiger partial charge is 0.205 e. The molecule has 0 unspecified atom stereocenters. The van der Waals surface area contributed by atoms with Gasteiger partial charge in [-0.05, 0) is 23.8 Å². The SMILES string of the molecule is Nc1csc(NN=Cc2cc(Br)cc(Br)c2)n1. The summed E-state index contributed by atoms with van der Waals surface area (Å²) in [5, 5.41) is 6.51. The minimum atomic E-state index is 0.498. The fourth-order valence-electron chi connectivity index (χ4n) is 1.15. The molecule has 3 N–H and O–H groups in total. The van der Waals surface area contributed by atoms with Gasteiger partial charge in [-0.2, -0.15) is 5.10 Å². The van der Waals surface area contributed by atoms with Gasteiger partial charge in [-0.1, -0.05) is 31.9 Å². The van der Waals surface area contributed by atoms with Crippen LogP contribution in [0.15, 0.2) is 37.6 Å². The van der Waals surface area contributed by atoms with Crippen LogP contribution in [0.5, 0.6) is 0 Å². The lowest BCUT2D eigenvalue weighted by molar-refractivity contribution is 1.29. The highest BCUT2D eigenvalue weighted by Gasteiger charge is 1.96. The number of hydrogen-bond acceptors (Lipinski definition) is 5. The van der Waals surface area contributed by atoms with Crippen molar-refractivity contribution in [3.05, 3.63) is 38.1 Å². The van der Waals surface area contributed by atoms with Crippen molar-refractivity contribution in [1.29, 1.82) is 0 Å². The summed E-state index contributed by atoms with van der Waals surface area (Å²) in [5.74, 6) is 0.498. The van der Waals surface area contributed by atoms with Crippen molar-refractivity contribution in [2.45, 2.75) is 0 Å². The number of nitrogens with zero attached hydrogens (tertiary/aromatic N) is 2. The second-order valence-electron chi connectivity index (χ2n) is 3.15. The summed E-state index contributed by atoms with van der Waals surface area (Å²) >= 11 is 8.24. The van der Waals surface area contributed by atoms with E-state index in [-0.39, 0.29) is 0 Å². The molecule has 0 atom stereocenters. The largest absolute Gasteiger partial charge is 0.383 e. The third kappa shape index (κ3) is 3.79. The Bertz CT molecular complexity index is 533. The molecule has 0 fully saturated rings. The predicted octanol–water partition coefficient (Wildman–Crippen LogP) is 3.70. The molecule has 0 radical (unpaired) electrons. The van der Waals surface area contributed by atoms with Crippen molar-refractivity contribution in [2.75, 3.05) is 11.2 Å². The van der Waals surface area contributed by atoms with Crippen molar-refractivity contribution in [1.82, 2.24) is 4.98 Å². The molecule has 0 aliphatic carbocycles. The van der Waals surface area contributed by atoms with Crippen LogP contribution in [0.1, 0.15) is 5.56 Å². The highest BCUT2D eigenvalue weighted by atomic mass is 79.9. The first-order chi connectivity index (χ1) is 8.13. The number of rotatable bonds is 3. The first-order valence-corrected chi connectivity index (χ1v) is 7.06. The van der Waals surface area contributed by atoms with Gasteiger partial charge in [0.2, 0.25) is 5.13 Å². The summed E-state index contributed by atoms with van der Waals surface area (Å²) in [6.45, 7) is 0. The summed E-state index contributed by atoms with van der Waals surface area (Å²) in [7, 11) is 0. The molecule has 0 saturated carbocycles. The van der Waals surface area contributed by atoms with Gasteiger partial charge in [-0.3, -0.25) is 5.43 Å². The van der Waals surface area contributed by atoms with Crippen LogP contribution in [0.3, 0.4) is 0 Å². The van der Waals surface area contributed by atoms with Gasteiger partial charge in [0.1, 0.15) is 5.82 Å². The normalized spacial score (nSPS) is 10.9. The molecule has 0 aliphatic heterocycles. The van der Waals surface area contributed by atoms with Crippen LogP contribution in [-0.2, 0) is 0 Å². The van der Waals surface area contributed by atoms with Gasteiger partial charge < -0.3 is 5.73 Å². The average Bonchev–Trinajstić information content (AvgIpc) is 2.63. The Balaban J connectivity index is 2.05. The first-order valence-electron chi connectivity index (χ1n) is 4.59. The molecule has 1 aromatic heterocycles. The number of hydrogen-bond donors (Lipinski definition) is 2. The van der Waals surface area contributed by atoms with Crippen molar-refractivity contribution in [3.63, 3.8) is 0 Å². The number of hydrazone groups is 1. The van der Waals surface area contributed by atoms with Gasteiger partial charge >= 0.3 is 0 Å². The first kappa shape index (κ1) is 12.5. The predicted molar refractivity (Wildman–Crippen MR) is 79.6 cm³/mol. The Hall–Kier alpha value is -0.920. The summed E-state index contributed by atoms with van der Waals surface area (Å²) in [4.78, 5) is 4.03. The number of thiazole rings is 1. The summed E-state index contributed by atoms with van der Waals surface area (Å²) < 4.78 is 1.98. The number of halogens is 2. The summed E-state index contributed by atoms with van der Waals surface area (Å²) in [6.07, 6.45) is 1.72. The van der Waals surface area contributed by atoms with Gasteiger partial charge in [0.25, 0.3) is 0 Å². The Morgan fingerprint density at radius 2 is 2.00 bits per heavy atom. The third-order valence-corrected chi connectivity index (χ3v) is 3.46. The molecule has 2 rings (SSSR count). The number of benzene rings is 1. The number of anilines is 2. The van der Waals surface area contributed by atoms with E-state index >= 15 is 0 Å². The van der Waals surface area contributed by atoms with Crippen LogP contribution in [0.25, 0.3) is 0 Å². The highest BCUT2D eigenvalue weighted by molar-refractivity contribution is 9.11. The van der Waals surface area contributed by atoms with Crippen LogP contribution < -0.4 is 11.2 Å². The van der Waals surface area contributed by atoms with Crippen LogP contribution >= 0.6 is 43.2 Å². The van der Waals surface area contributed by atoms with E-state index in [0.29, 0.717) is 10.9 Å². The lowest BCUT2D eigenvalue weighted by Crippen LogP contribution is -1.91. The van der Waals surface area contributed by atoms with E-state index in [0.717, 1.165) is 14.5 Å². The van der Waals surface area contributed by atoms with Gasteiger partial charge in [-0.15, -0.1) is 11.3 Å². The standard InChI is InChI=1S/C10H8Br2N4S/c11-7-1-6(2-8(12)3-7)4-14-16-10-15-9(13)5-17-10/h1-5H,13H2,(H,15,16). The van der Waals surface area contributed by atoms with E-state index in [1.807, 2.05) is 18.2 Å². The molecule has 4 nitrogen and oxygen atoms in total. The Morgan fingerprint density at radius 3 is 2.59 bits per heavy atom.